The molecule has 0 amide bonds. The first-order chi connectivity index (χ1) is 10.3. The van der Waals surface area contributed by atoms with Crippen LogP contribution in [0.2, 0.25) is 0 Å². The lowest BCUT2D eigenvalue weighted by atomic mass is 10.7. The largest absolute Gasteiger partial charge is 0.394 e. The van der Waals surface area contributed by atoms with Crippen LogP contribution in [0.3, 0.4) is 0 Å². The van der Waals surface area contributed by atoms with Gasteiger partial charge in [0.2, 0.25) is 0 Å². The summed E-state index contributed by atoms with van der Waals surface area (Å²) in [5, 5.41) is 18.8. The van der Waals surface area contributed by atoms with Crippen LogP contribution in [0, 0.1) is 0 Å². The molecule has 0 bridgehead atoms. The number of hydrogen-bond donors (Lipinski definition) is 2. The molecule has 0 aliphatic carbocycles. The van der Waals surface area contributed by atoms with Gasteiger partial charge in [0.05, 0.1) is 52.9 Å². The highest BCUT2D eigenvalue weighted by Crippen LogP contribution is 2.27. The molecule has 1 heterocycles. The van der Waals surface area contributed by atoms with E-state index in [1.807, 2.05) is 34.1 Å². The number of thioether (sulfide) groups is 1. The molecule has 0 saturated heterocycles. The SMILES string of the molecule is C1=CSSC1.CSC.OCCOCCOCCOCCO. The van der Waals surface area contributed by atoms with Gasteiger partial charge in [-0.3, -0.25) is 0 Å². The Morgan fingerprint density at radius 1 is 0.905 bits per heavy atom. The van der Waals surface area contributed by atoms with Crippen LogP contribution in [0.4, 0.5) is 0 Å². The molecule has 0 aromatic rings. The predicted octanol–water partition coefficient (Wildman–Crippen LogP) is 1.90. The van der Waals surface area contributed by atoms with Crippen LogP contribution in [0.25, 0.3) is 0 Å². The number of aliphatic hydroxyl groups excluding tert-OH is 2. The highest BCUT2D eigenvalue weighted by Gasteiger charge is 1.90. The van der Waals surface area contributed by atoms with Crippen molar-refractivity contribution in [1.82, 2.24) is 0 Å². The van der Waals surface area contributed by atoms with Crippen LogP contribution in [0.15, 0.2) is 11.5 Å². The van der Waals surface area contributed by atoms with Crippen molar-refractivity contribution in [1.29, 1.82) is 0 Å². The molecular formula is C13H28O5S3. The Morgan fingerprint density at radius 3 is 1.57 bits per heavy atom. The Morgan fingerprint density at radius 2 is 1.33 bits per heavy atom. The van der Waals surface area contributed by atoms with E-state index in [-0.39, 0.29) is 13.2 Å². The average molecular weight is 361 g/mol. The summed E-state index contributed by atoms with van der Waals surface area (Å²) < 4.78 is 15.0. The third-order valence-corrected chi connectivity index (χ3v) is 3.52. The van der Waals surface area contributed by atoms with E-state index in [4.69, 9.17) is 24.4 Å². The van der Waals surface area contributed by atoms with Crippen molar-refractivity contribution in [3.05, 3.63) is 11.5 Å². The van der Waals surface area contributed by atoms with E-state index in [2.05, 4.69) is 11.5 Å². The zero-order valence-corrected chi connectivity index (χ0v) is 15.3. The summed E-state index contributed by atoms with van der Waals surface area (Å²) in [7, 11) is 3.69. The number of rotatable bonds is 10. The molecule has 0 spiro atoms. The molecular weight excluding hydrogens is 332 g/mol. The maximum absolute atomic E-state index is 8.36. The molecule has 0 aromatic heterocycles. The fourth-order valence-corrected chi connectivity index (χ4v) is 2.44. The molecule has 5 nitrogen and oxygen atoms in total. The van der Waals surface area contributed by atoms with E-state index in [0.29, 0.717) is 39.6 Å². The Kier molecular flexibility index (Phi) is 29.0. The molecule has 0 unspecified atom stereocenters. The molecule has 1 aliphatic heterocycles. The molecule has 8 heteroatoms. The minimum Gasteiger partial charge on any atom is -0.394 e. The van der Waals surface area contributed by atoms with Crippen LogP contribution in [-0.4, -0.2) is 81.3 Å². The van der Waals surface area contributed by atoms with Crippen LogP contribution in [0.1, 0.15) is 0 Å². The van der Waals surface area contributed by atoms with Crippen LogP contribution in [-0.2, 0) is 14.2 Å². The minimum absolute atomic E-state index is 0.0413. The van der Waals surface area contributed by atoms with Crippen LogP contribution in [0.5, 0.6) is 0 Å². The maximum atomic E-state index is 8.36. The monoisotopic (exact) mass is 360 g/mol. The number of ether oxygens (including phenoxy) is 3. The van der Waals surface area contributed by atoms with Gasteiger partial charge in [0.15, 0.2) is 0 Å². The second-order valence-electron chi connectivity index (χ2n) is 3.45. The fourth-order valence-electron chi connectivity index (χ4n) is 0.867. The van der Waals surface area contributed by atoms with Crippen molar-refractivity contribution >= 4 is 33.3 Å². The van der Waals surface area contributed by atoms with Crippen molar-refractivity contribution in [2.45, 2.75) is 0 Å². The Balaban J connectivity index is 0. The Labute approximate surface area is 140 Å². The van der Waals surface area contributed by atoms with Crippen LogP contribution >= 0.6 is 33.3 Å². The first-order valence-electron chi connectivity index (χ1n) is 6.61. The summed E-state index contributed by atoms with van der Waals surface area (Å²) in [6.45, 7) is 2.76. The highest BCUT2D eigenvalue weighted by molar-refractivity contribution is 8.78. The van der Waals surface area contributed by atoms with Crippen LogP contribution < -0.4 is 0 Å². The highest BCUT2D eigenvalue weighted by atomic mass is 33.1. The van der Waals surface area contributed by atoms with E-state index in [0.717, 1.165) is 0 Å². The van der Waals surface area contributed by atoms with Gasteiger partial charge in [-0.2, -0.15) is 11.8 Å². The summed E-state index contributed by atoms with van der Waals surface area (Å²) in [4.78, 5) is 0. The molecule has 0 atom stereocenters. The molecule has 0 fully saturated rings. The lowest BCUT2D eigenvalue weighted by molar-refractivity contribution is 0.00230. The maximum Gasteiger partial charge on any atom is 0.0701 e. The van der Waals surface area contributed by atoms with E-state index < -0.39 is 0 Å². The second-order valence-corrected chi connectivity index (χ2v) is 6.58. The van der Waals surface area contributed by atoms with Crippen molar-refractivity contribution in [2.75, 3.05) is 71.1 Å². The quantitative estimate of drug-likeness (QED) is 0.452. The predicted molar refractivity (Wildman–Crippen MR) is 95.3 cm³/mol. The van der Waals surface area contributed by atoms with Gasteiger partial charge in [-0.25, -0.2) is 0 Å². The van der Waals surface area contributed by atoms with Gasteiger partial charge in [0, 0.05) is 5.75 Å². The van der Waals surface area contributed by atoms with E-state index in [1.54, 1.807) is 11.8 Å². The summed E-state index contributed by atoms with van der Waals surface area (Å²) in [6, 6.07) is 0. The van der Waals surface area contributed by atoms with E-state index >= 15 is 0 Å². The zero-order valence-electron chi connectivity index (χ0n) is 12.9. The third-order valence-electron chi connectivity index (χ3n) is 1.60. The zero-order chi connectivity index (χ0) is 16.0. The number of aliphatic hydroxyl groups is 2. The summed E-state index contributed by atoms with van der Waals surface area (Å²) in [6.07, 6.45) is 6.25. The molecule has 2 N–H and O–H groups in total. The normalized spacial score (nSPS) is 12.4. The topological polar surface area (TPSA) is 68.2 Å². The summed E-state index contributed by atoms with van der Waals surface area (Å²) in [5.41, 5.74) is 0. The third kappa shape index (κ3) is 29.3. The van der Waals surface area contributed by atoms with Gasteiger partial charge < -0.3 is 24.4 Å². The second kappa shape index (κ2) is 25.5. The molecule has 128 valence electrons. The standard InChI is InChI=1S/C8H18O5.C3H4S2.C2H6S/c9-1-3-11-5-7-13-8-6-12-4-2-10;1-2-4-5-3-1;1-3-2/h9-10H,1-8H2;1-2H,3H2;1-2H3. The fraction of sp³-hybridized carbons (Fsp3) is 0.846. The lowest BCUT2D eigenvalue weighted by Gasteiger charge is -2.04. The van der Waals surface area contributed by atoms with Gasteiger partial charge in [-0.15, -0.1) is 0 Å². The van der Waals surface area contributed by atoms with Crippen molar-refractivity contribution in [3.63, 3.8) is 0 Å². The first kappa shape index (κ1) is 23.9. The molecule has 21 heavy (non-hydrogen) atoms. The molecule has 0 aromatic carbocycles. The molecule has 1 aliphatic rings. The van der Waals surface area contributed by atoms with Crippen molar-refractivity contribution in [3.8, 4) is 0 Å². The van der Waals surface area contributed by atoms with Gasteiger partial charge in [0.25, 0.3) is 0 Å². The van der Waals surface area contributed by atoms with Crippen molar-refractivity contribution in [2.24, 2.45) is 0 Å². The summed E-state index contributed by atoms with van der Waals surface area (Å²) >= 11 is 1.75. The van der Waals surface area contributed by atoms with Gasteiger partial charge >= 0.3 is 0 Å². The smallest absolute Gasteiger partial charge is 0.0701 e. The van der Waals surface area contributed by atoms with Gasteiger partial charge in [-0.1, -0.05) is 27.7 Å². The Hall–Kier alpha value is 0.590. The Bertz CT molecular complexity index is 181. The molecule has 1 rings (SSSR count). The van der Waals surface area contributed by atoms with Crippen molar-refractivity contribution < 1.29 is 24.4 Å². The van der Waals surface area contributed by atoms with Gasteiger partial charge in [-0.05, 0) is 17.9 Å². The number of hydrogen-bond acceptors (Lipinski definition) is 8. The molecule has 0 radical (unpaired) electrons. The minimum atomic E-state index is 0.0413. The first-order valence-corrected chi connectivity index (χ1v) is 10.6. The van der Waals surface area contributed by atoms with E-state index in [1.165, 1.54) is 5.75 Å². The lowest BCUT2D eigenvalue weighted by Crippen LogP contribution is -2.11. The van der Waals surface area contributed by atoms with E-state index in [9.17, 15) is 0 Å². The molecule has 0 saturated carbocycles. The van der Waals surface area contributed by atoms with Gasteiger partial charge in [0.1, 0.15) is 0 Å². The average Bonchev–Trinajstić information content (AvgIpc) is 3.06. The summed E-state index contributed by atoms with van der Waals surface area (Å²) in [5.74, 6) is 1.20.